The summed E-state index contributed by atoms with van der Waals surface area (Å²) in [7, 11) is 0. The van der Waals surface area contributed by atoms with E-state index in [9.17, 15) is 14.4 Å². The van der Waals surface area contributed by atoms with Crippen LogP contribution in [0.4, 0.5) is 11.4 Å². The number of ether oxygens (including phenoxy) is 1. The van der Waals surface area contributed by atoms with Gasteiger partial charge in [-0.1, -0.05) is 42.5 Å². The molecule has 0 saturated heterocycles. The lowest BCUT2D eigenvalue weighted by atomic mass is 10.1. The topological polar surface area (TPSA) is 109 Å². The van der Waals surface area contributed by atoms with Gasteiger partial charge >= 0.3 is 11.8 Å². The molecule has 8 heteroatoms. The summed E-state index contributed by atoms with van der Waals surface area (Å²) >= 11 is 0. The van der Waals surface area contributed by atoms with Crippen molar-refractivity contribution in [2.75, 3.05) is 17.2 Å². The average molecular weight is 473 g/mol. The van der Waals surface area contributed by atoms with E-state index in [1.165, 1.54) is 6.21 Å². The molecule has 3 aromatic rings. The molecule has 8 nitrogen and oxygen atoms in total. The zero-order valence-electron chi connectivity index (χ0n) is 20.1. The summed E-state index contributed by atoms with van der Waals surface area (Å²) in [5.41, 5.74) is 8.01. The van der Waals surface area contributed by atoms with Crippen LogP contribution in [0.1, 0.15) is 27.8 Å². The van der Waals surface area contributed by atoms with Gasteiger partial charge in [0.25, 0.3) is 5.91 Å². The molecular weight excluding hydrogens is 444 g/mol. The quantitative estimate of drug-likeness (QED) is 0.274. The molecule has 180 valence electrons. The van der Waals surface area contributed by atoms with Gasteiger partial charge < -0.3 is 15.4 Å². The number of nitrogens with zero attached hydrogens (tertiary/aromatic N) is 1. The average Bonchev–Trinajstić information content (AvgIpc) is 2.83. The van der Waals surface area contributed by atoms with Crippen LogP contribution in [0.3, 0.4) is 0 Å². The summed E-state index contributed by atoms with van der Waals surface area (Å²) in [5.74, 6) is -1.52. The first-order chi connectivity index (χ1) is 16.7. The summed E-state index contributed by atoms with van der Waals surface area (Å²) in [6.07, 6.45) is 1.38. The second-order valence-corrected chi connectivity index (χ2v) is 8.08. The van der Waals surface area contributed by atoms with Gasteiger partial charge in [-0.3, -0.25) is 14.4 Å². The maximum Gasteiger partial charge on any atom is 0.329 e. The van der Waals surface area contributed by atoms with E-state index in [0.29, 0.717) is 17.0 Å². The van der Waals surface area contributed by atoms with Crippen LogP contribution < -0.4 is 20.8 Å². The maximum absolute atomic E-state index is 12.3. The summed E-state index contributed by atoms with van der Waals surface area (Å²) in [5, 5.41) is 9.28. The number of hydrogen-bond donors (Lipinski definition) is 3. The third-order valence-corrected chi connectivity index (χ3v) is 5.41. The largest absolute Gasteiger partial charge is 0.484 e. The Morgan fingerprint density at radius 3 is 2.23 bits per heavy atom. The van der Waals surface area contributed by atoms with Gasteiger partial charge in [-0.15, -0.1) is 0 Å². The van der Waals surface area contributed by atoms with Crippen LogP contribution in [0, 0.1) is 27.7 Å². The highest BCUT2D eigenvalue weighted by molar-refractivity contribution is 6.39. The Hall–Kier alpha value is -4.46. The van der Waals surface area contributed by atoms with Gasteiger partial charge in [-0.25, -0.2) is 5.43 Å². The first kappa shape index (κ1) is 25.2. The van der Waals surface area contributed by atoms with Crippen molar-refractivity contribution < 1.29 is 19.1 Å². The lowest BCUT2D eigenvalue weighted by Gasteiger charge is -2.12. The first-order valence-corrected chi connectivity index (χ1v) is 11.0. The minimum atomic E-state index is -0.891. The number of benzene rings is 3. The minimum absolute atomic E-state index is 0.163. The Morgan fingerprint density at radius 2 is 1.49 bits per heavy atom. The number of hydrogen-bond acceptors (Lipinski definition) is 5. The molecule has 3 N–H and O–H groups in total. The fourth-order valence-electron chi connectivity index (χ4n) is 3.30. The number of anilines is 2. The third kappa shape index (κ3) is 7.01. The number of carbonyl (C=O) groups is 3. The first-order valence-electron chi connectivity index (χ1n) is 11.0. The maximum atomic E-state index is 12.3. The van der Waals surface area contributed by atoms with Crippen molar-refractivity contribution in [1.82, 2.24) is 5.43 Å². The van der Waals surface area contributed by atoms with Crippen molar-refractivity contribution in [2.24, 2.45) is 5.10 Å². The van der Waals surface area contributed by atoms with Crippen molar-refractivity contribution in [2.45, 2.75) is 27.7 Å². The number of hydrazone groups is 1. The van der Waals surface area contributed by atoms with E-state index < -0.39 is 11.8 Å². The van der Waals surface area contributed by atoms with E-state index in [0.717, 1.165) is 27.9 Å². The normalized spacial score (nSPS) is 10.6. The van der Waals surface area contributed by atoms with Crippen LogP contribution in [0.2, 0.25) is 0 Å². The van der Waals surface area contributed by atoms with Crippen molar-refractivity contribution in [3.63, 3.8) is 0 Å². The molecule has 0 radical (unpaired) electrons. The number of carbonyl (C=O) groups excluding carboxylic acids is 3. The predicted molar refractivity (Wildman–Crippen MR) is 137 cm³/mol. The Labute approximate surface area is 204 Å². The number of aryl methyl sites for hydroxylation is 3. The van der Waals surface area contributed by atoms with Gasteiger partial charge in [0, 0.05) is 11.4 Å². The van der Waals surface area contributed by atoms with Crippen molar-refractivity contribution in [3.05, 3.63) is 88.5 Å². The summed E-state index contributed by atoms with van der Waals surface area (Å²) < 4.78 is 5.59. The molecule has 0 aromatic heterocycles. The Kier molecular flexibility index (Phi) is 8.34. The molecule has 0 bridgehead atoms. The van der Waals surface area contributed by atoms with Crippen LogP contribution >= 0.6 is 0 Å². The lowest BCUT2D eigenvalue weighted by molar-refractivity contribution is -0.136. The summed E-state index contributed by atoms with van der Waals surface area (Å²) in [4.78, 5) is 36.5. The van der Waals surface area contributed by atoms with Crippen molar-refractivity contribution >= 4 is 35.3 Å². The fraction of sp³-hybridized carbons (Fsp3) is 0.185. The highest BCUT2D eigenvalue weighted by Gasteiger charge is 2.14. The molecule has 0 atom stereocenters. The van der Waals surface area contributed by atoms with E-state index in [4.69, 9.17) is 4.74 Å². The number of para-hydroxylation sites is 1. The van der Waals surface area contributed by atoms with E-state index in [2.05, 4.69) is 21.2 Å². The molecule has 35 heavy (non-hydrogen) atoms. The van der Waals surface area contributed by atoms with Crippen molar-refractivity contribution in [1.29, 1.82) is 0 Å². The number of nitrogens with one attached hydrogen (secondary N) is 3. The summed E-state index contributed by atoms with van der Waals surface area (Å²) in [6, 6.07) is 18.1. The Morgan fingerprint density at radius 1 is 0.829 bits per heavy atom. The third-order valence-electron chi connectivity index (χ3n) is 5.41. The molecule has 0 aliphatic carbocycles. The summed E-state index contributed by atoms with van der Waals surface area (Å²) in [6.45, 7) is 7.48. The molecule has 3 aromatic carbocycles. The zero-order chi connectivity index (χ0) is 25.4. The van der Waals surface area contributed by atoms with E-state index in [1.807, 2.05) is 52.0 Å². The van der Waals surface area contributed by atoms with E-state index in [1.54, 1.807) is 36.4 Å². The van der Waals surface area contributed by atoms with Gasteiger partial charge in [-0.05, 0) is 73.7 Å². The van der Waals surface area contributed by atoms with Crippen LogP contribution in [0.15, 0.2) is 65.8 Å². The monoisotopic (exact) mass is 472 g/mol. The molecule has 0 aliphatic rings. The molecule has 0 fully saturated rings. The molecular formula is C27H28N4O4. The van der Waals surface area contributed by atoms with Crippen LogP contribution in [0.5, 0.6) is 5.75 Å². The highest BCUT2D eigenvalue weighted by Crippen LogP contribution is 2.20. The minimum Gasteiger partial charge on any atom is -0.484 e. The molecule has 0 heterocycles. The van der Waals surface area contributed by atoms with Crippen LogP contribution in [-0.2, 0) is 14.4 Å². The van der Waals surface area contributed by atoms with Gasteiger partial charge in [0.15, 0.2) is 6.61 Å². The molecule has 0 aliphatic heterocycles. The smallest absolute Gasteiger partial charge is 0.329 e. The van der Waals surface area contributed by atoms with Gasteiger partial charge in [-0.2, -0.15) is 5.10 Å². The number of amides is 3. The second kappa shape index (κ2) is 11.6. The molecule has 0 saturated carbocycles. The fourth-order valence-corrected chi connectivity index (χ4v) is 3.30. The predicted octanol–water partition coefficient (Wildman–Crippen LogP) is 4.03. The SMILES string of the molecule is Cc1cccc(NC(=O)C(=O)N/N=C\c2cccc(OCC(=O)Nc3c(C)cccc3C)c2)c1C. The second-order valence-electron chi connectivity index (χ2n) is 8.08. The van der Waals surface area contributed by atoms with Gasteiger partial charge in [0.2, 0.25) is 0 Å². The molecule has 0 unspecified atom stereocenters. The van der Waals surface area contributed by atoms with E-state index in [-0.39, 0.29) is 12.5 Å². The molecule has 0 spiro atoms. The highest BCUT2D eigenvalue weighted by atomic mass is 16.5. The Balaban J connectivity index is 1.51. The van der Waals surface area contributed by atoms with Crippen LogP contribution in [0.25, 0.3) is 0 Å². The molecule has 3 amide bonds. The van der Waals surface area contributed by atoms with Gasteiger partial charge in [0.1, 0.15) is 5.75 Å². The van der Waals surface area contributed by atoms with Gasteiger partial charge in [0.05, 0.1) is 6.21 Å². The lowest BCUT2D eigenvalue weighted by Crippen LogP contribution is -2.32. The molecule has 3 rings (SSSR count). The Bertz CT molecular complexity index is 1260. The van der Waals surface area contributed by atoms with Crippen LogP contribution in [-0.4, -0.2) is 30.5 Å². The standard InChI is InChI=1S/C27H28N4O4/c1-17-8-6-13-23(20(17)4)29-26(33)27(34)31-28-15-21-11-7-12-22(14-21)35-16-24(32)30-25-18(2)9-5-10-19(25)3/h5-15H,16H2,1-4H3,(H,29,33)(H,30,32)(H,31,34)/b28-15-. The zero-order valence-corrected chi connectivity index (χ0v) is 20.1. The van der Waals surface area contributed by atoms with E-state index >= 15 is 0 Å². The van der Waals surface area contributed by atoms with Crippen molar-refractivity contribution in [3.8, 4) is 5.75 Å². The number of rotatable bonds is 7.